The number of aliphatic imine (C=N–C) groups is 1. The highest BCUT2D eigenvalue weighted by molar-refractivity contribution is 14.0. The molecule has 1 aromatic rings. The van der Waals surface area contributed by atoms with Gasteiger partial charge in [0.1, 0.15) is 6.10 Å². The Morgan fingerprint density at radius 3 is 2.05 bits per heavy atom. The van der Waals surface area contributed by atoms with E-state index in [1.54, 1.807) is 7.11 Å². The van der Waals surface area contributed by atoms with Gasteiger partial charge in [0.2, 0.25) is 0 Å². The minimum atomic E-state index is 0. The third kappa shape index (κ3) is 5.78. The van der Waals surface area contributed by atoms with Crippen molar-refractivity contribution in [3.05, 3.63) is 35.9 Å². The van der Waals surface area contributed by atoms with Gasteiger partial charge in [0.25, 0.3) is 0 Å². The molecule has 0 amide bonds. The van der Waals surface area contributed by atoms with Gasteiger partial charge in [-0.05, 0) is 5.56 Å². The van der Waals surface area contributed by atoms with Gasteiger partial charge in [0, 0.05) is 35.3 Å². The smallest absolute Gasteiger partial charge is 0.195 e. The first kappa shape index (κ1) is 18.2. The molecule has 108 valence electrons. The molecule has 1 rings (SSSR count). The molecule has 0 radical (unpaired) electrons. The number of hydrogen-bond acceptors (Lipinski definition) is 2. The van der Waals surface area contributed by atoms with Crippen LogP contribution in [0.5, 0.6) is 0 Å². The topological polar surface area (TPSA) is 28.1 Å². The Bertz CT molecular complexity index is 370. The van der Waals surface area contributed by atoms with Crippen LogP contribution in [-0.4, -0.2) is 57.6 Å². The van der Waals surface area contributed by atoms with Crippen LogP contribution in [0.4, 0.5) is 0 Å². The van der Waals surface area contributed by atoms with E-state index in [0.29, 0.717) is 6.54 Å². The molecule has 1 unspecified atom stereocenters. The van der Waals surface area contributed by atoms with Crippen LogP contribution in [0.25, 0.3) is 0 Å². The van der Waals surface area contributed by atoms with Crippen molar-refractivity contribution in [2.24, 2.45) is 4.99 Å². The minimum Gasteiger partial charge on any atom is -0.375 e. The lowest BCUT2D eigenvalue weighted by Gasteiger charge is -2.23. The summed E-state index contributed by atoms with van der Waals surface area (Å²) in [5.41, 5.74) is 1.15. The van der Waals surface area contributed by atoms with Gasteiger partial charge < -0.3 is 14.5 Å². The highest BCUT2D eigenvalue weighted by Crippen LogP contribution is 2.16. The molecular weight excluding hydrogens is 353 g/mol. The van der Waals surface area contributed by atoms with E-state index in [4.69, 9.17) is 4.74 Å². The summed E-state index contributed by atoms with van der Waals surface area (Å²) in [5, 5.41) is 0. The average Bonchev–Trinajstić information content (AvgIpc) is 2.34. The summed E-state index contributed by atoms with van der Waals surface area (Å²) in [6.07, 6.45) is 0.00102. The van der Waals surface area contributed by atoms with Crippen molar-refractivity contribution in [3.8, 4) is 0 Å². The molecule has 0 bridgehead atoms. The van der Waals surface area contributed by atoms with Crippen LogP contribution < -0.4 is 0 Å². The summed E-state index contributed by atoms with van der Waals surface area (Å²) in [6, 6.07) is 10.2. The number of guanidine groups is 1. The molecule has 0 fully saturated rings. The van der Waals surface area contributed by atoms with Crippen LogP contribution >= 0.6 is 24.0 Å². The standard InChI is InChI=1S/C14H23N3O.HI/c1-16(2)14(17(3)4)15-11-13(18-5)12-9-7-6-8-10-12;/h6-10,13H,11H2,1-5H3;1H. The Morgan fingerprint density at radius 1 is 1.11 bits per heavy atom. The minimum absolute atomic E-state index is 0. The summed E-state index contributed by atoms with van der Waals surface area (Å²) < 4.78 is 5.50. The van der Waals surface area contributed by atoms with E-state index in [2.05, 4.69) is 17.1 Å². The van der Waals surface area contributed by atoms with Crippen LogP contribution in [-0.2, 0) is 4.74 Å². The van der Waals surface area contributed by atoms with Gasteiger partial charge in [-0.1, -0.05) is 30.3 Å². The molecule has 0 saturated heterocycles. The number of halogens is 1. The zero-order valence-electron chi connectivity index (χ0n) is 12.3. The fourth-order valence-corrected chi connectivity index (χ4v) is 1.83. The van der Waals surface area contributed by atoms with Gasteiger partial charge in [-0.15, -0.1) is 24.0 Å². The fourth-order valence-electron chi connectivity index (χ4n) is 1.83. The first-order valence-corrected chi connectivity index (χ1v) is 6.03. The van der Waals surface area contributed by atoms with Gasteiger partial charge in [0.15, 0.2) is 5.96 Å². The summed E-state index contributed by atoms with van der Waals surface area (Å²) in [4.78, 5) is 8.61. The van der Waals surface area contributed by atoms with Crippen molar-refractivity contribution < 1.29 is 4.74 Å². The maximum atomic E-state index is 5.50. The SMILES string of the molecule is COC(CN=C(N(C)C)N(C)C)c1ccccc1.I. The van der Waals surface area contributed by atoms with Crippen LogP contribution in [0.2, 0.25) is 0 Å². The molecule has 0 aliphatic rings. The van der Waals surface area contributed by atoms with E-state index in [-0.39, 0.29) is 30.1 Å². The van der Waals surface area contributed by atoms with Gasteiger partial charge in [-0.2, -0.15) is 0 Å². The molecule has 0 N–H and O–H groups in total. The number of rotatable bonds is 4. The van der Waals surface area contributed by atoms with E-state index in [0.717, 1.165) is 11.5 Å². The Labute approximate surface area is 133 Å². The zero-order chi connectivity index (χ0) is 13.5. The summed E-state index contributed by atoms with van der Waals surface area (Å²) >= 11 is 0. The third-order valence-electron chi connectivity index (χ3n) is 2.65. The van der Waals surface area contributed by atoms with Gasteiger partial charge >= 0.3 is 0 Å². The Balaban J connectivity index is 0.00000324. The lowest BCUT2D eigenvalue weighted by Crippen LogP contribution is -2.35. The first-order valence-electron chi connectivity index (χ1n) is 6.03. The first-order chi connectivity index (χ1) is 8.56. The van der Waals surface area contributed by atoms with Crippen molar-refractivity contribution in [2.45, 2.75) is 6.10 Å². The fraction of sp³-hybridized carbons (Fsp3) is 0.500. The number of benzene rings is 1. The Hall–Kier alpha value is -0.820. The van der Waals surface area contributed by atoms with Crippen LogP contribution in [0.15, 0.2) is 35.3 Å². The Morgan fingerprint density at radius 2 is 1.63 bits per heavy atom. The van der Waals surface area contributed by atoms with Crippen molar-refractivity contribution >= 4 is 29.9 Å². The Kier molecular flexibility index (Phi) is 8.75. The number of ether oxygens (including phenoxy) is 1. The molecule has 19 heavy (non-hydrogen) atoms. The summed E-state index contributed by atoms with van der Waals surface area (Å²) in [6.45, 7) is 0.617. The van der Waals surface area contributed by atoms with Gasteiger partial charge in [0.05, 0.1) is 6.54 Å². The molecular formula is C14H24IN3O. The van der Waals surface area contributed by atoms with E-state index in [1.807, 2.05) is 56.2 Å². The summed E-state index contributed by atoms with van der Waals surface area (Å²) in [5.74, 6) is 0.938. The van der Waals surface area contributed by atoms with Crippen LogP contribution in [0.3, 0.4) is 0 Å². The largest absolute Gasteiger partial charge is 0.375 e. The lowest BCUT2D eigenvalue weighted by molar-refractivity contribution is 0.110. The monoisotopic (exact) mass is 377 g/mol. The quantitative estimate of drug-likeness (QED) is 0.459. The van der Waals surface area contributed by atoms with Crippen LogP contribution in [0.1, 0.15) is 11.7 Å². The van der Waals surface area contributed by atoms with E-state index >= 15 is 0 Å². The highest BCUT2D eigenvalue weighted by atomic mass is 127. The van der Waals surface area contributed by atoms with E-state index < -0.39 is 0 Å². The maximum absolute atomic E-state index is 5.50. The number of nitrogens with zero attached hydrogens (tertiary/aromatic N) is 3. The average molecular weight is 377 g/mol. The lowest BCUT2D eigenvalue weighted by atomic mass is 10.1. The molecule has 5 heteroatoms. The molecule has 0 heterocycles. The van der Waals surface area contributed by atoms with Crippen LogP contribution in [0, 0.1) is 0 Å². The van der Waals surface area contributed by atoms with Gasteiger partial charge in [-0.3, -0.25) is 0 Å². The normalized spacial score (nSPS) is 11.2. The second kappa shape index (κ2) is 9.14. The third-order valence-corrected chi connectivity index (χ3v) is 2.65. The molecule has 4 nitrogen and oxygen atoms in total. The second-order valence-corrected chi connectivity index (χ2v) is 4.56. The van der Waals surface area contributed by atoms with E-state index in [1.165, 1.54) is 0 Å². The molecule has 1 atom stereocenters. The molecule has 0 saturated carbocycles. The number of methoxy groups -OCH3 is 1. The molecule has 0 aromatic heterocycles. The van der Waals surface area contributed by atoms with E-state index in [9.17, 15) is 0 Å². The predicted octanol–water partition coefficient (Wildman–Crippen LogP) is 2.47. The second-order valence-electron chi connectivity index (χ2n) is 4.56. The molecule has 1 aromatic carbocycles. The maximum Gasteiger partial charge on any atom is 0.195 e. The van der Waals surface area contributed by atoms with Crippen molar-refractivity contribution in [3.63, 3.8) is 0 Å². The number of hydrogen-bond donors (Lipinski definition) is 0. The molecule has 0 aliphatic carbocycles. The van der Waals surface area contributed by atoms with Crippen molar-refractivity contribution in [2.75, 3.05) is 41.8 Å². The zero-order valence-corrected chi connectivity index (χ0v) is 14.7. The van der Waals surface area contributed by atoms with Crippen molar-refractivity contribution in [1.29, 1.82) is 0 Å². The predicted molar refractivity (Wildman–Crippen MR) is 91.3 cm³/mol. The molecule has 0 aliphatic heterocycles. The van der Waals surface area contributed by atoms with Crippen molar-refractivity contribution in [1.82, 2.24) is 9.80 Å². The van der Waals surface area contributed by atoms with Gasteiger partial charge in [-0.25, -0.2) is 4.99 Å². The highest BCUT2D eigenvalue weighted by Gasteiger charge is 2.11. The summed E-state index contributed by atoms with van der Waals surface area (Å²) in [7, 11) is 9.68. The molecule has 0 spiro atoms.